The van der Waals surface area contributed by atoms with E-state index in [9.17, 15) is 47.4 Å². The van der Waals surface area contributed by atoms with E-state index in [4.69, 9.17) is 39.5 Å². The molecule has 4 aromatic rings. The Morgan fingerprint density at radius 3 is 2.23 bits per heavy atom. The normalized spacial score (nSPS) is 26.6. The summed E-state index contributed by atoms with van der Waals surface area (Å²) in [6.07, 6.45) is 4.58. The van der Waals surface area contributed by atoms with E-state index in [1.165, 1.54) is 44.0 Å². The number of aromatic nitrogens is 4. The molecule has 5 heterocycles. The standard InChI is InChI=1S/C33H34N6O19P4/c1-16-20(30(35)40)6-7-21-27(16)33(54-32(21)41)22-8-3-17(50-2)11-24(22)53-25-12-18(4-9-23(25)33)55-60(44,45)57-62(48,49)58-61(46,47)56-59(42,43)51-13-19-5-10-26(52-19)39-15-38-28-29(34)36-14-37-31(28)39/h3-4,6-9,11-12,14-16,19,26-27H,5,10,13H2,1-2H3,(H2,35,40)(H,42,43)(H,44,45)(H,46,47)(H,48,49)(H2,34,36,37). The molecule has 25 nitrogen and oxygen atoms in total. The highest BCUT2D eigenvalue weighted by Crippen LogP contribution is 2.71. The second kappa shape index (κ2) is 15.8. The number of methoxy groups -OCH3 is 1. The van der Waals surface area contributed by atoms with Crippen molar-refractivity contribution in [2.45, 2.75) is 37.7 Å². The van der Waals surface area contributed by atoms with Crippen LogP contribution in [-0.2, 0) is 60.4 Å². The van der Waals surface area contributed by atoms with Crippen molar-refractivity contribution >= 4 is 60.1 Å². The number of benzene rings is 2. The van der Waals surface area contributed by atoms with Crippen LogP contribution < -0.4 is 25.5 Å². The van der Waals surface area contributed by atoms with Crippen molar-refractivity contribution in [3.05, 3.63) is 83.5 Å². The monoisotopic (exact) mass is 942 g/mol. The number of fused-ring (bicyclic) bond motifs is 7. The Kier molecular flexibility index (Phi) is 11.1. The van der Waals surface area contributed by atoms with Crippen LogP contribution in [0.3, 0.4) is 0 Å². The molecule has 8 N–H and O–H groups in total. The van der Waals surface area contributed by atoms with E-state index in [1.807, 2.05) is 0 Å². The van der Waals surface area contributed by atoms with Gasteiger partial charge in [0, 0.05) is 40.3 Å². The zero-order valence-corrected chi connectivity index (χ0v) is 35.4. The maximum atomic E-state index is 13.4. The minimum absolute atomic E-state index is 0.107. The summed E-state index contributed by atoms with van der Waals surface area (Å²) < 4.78 is 97.9. The fourth-order valence-corrected chi connectivity index (χ4v) is 12.7. The van der Waals surface area contributed by atoms with Gasteiger partial charge in [-0.1, -0.05) is 19.1 Å². The Morgan fingerprint density at radius 2 is 1.55 bits per heavy atom. The highest BCUT2D eigenvalue weighted by atomic mass is 31.3. The molecule has 0 radical (unpaired) electrons. The topological polar surface area (TPSA) is 362 Å². The second-order valence-electron chi connectivity index (χ2n) is 14.0. The Hall–Kier alpha value is -4.83. The van der Waals surface area contributed by atoms with Crippen LogP contribution >= 0.6 is 31.3 Å². The van der Waals surface area contributed by atoms with Crippen molar-refractivity contribution in [1.82, 2.24) is 19.5 Å². The number of anilines is 1. The number of allylic oxidation sites excluding steroid dienone is 2. The first kappa shape index (κ1) is 43.8. The third kappa shape index (κ3) is 8.24. The Labute approximate surface area is 348 Å². The van der Waals surface area contributed by atoms with Gasteiger partial charge < -0.3 is 49.6 Å². The van der Waals surface area contributed by atoms with Gasteiger partial charge in [0.1, 0.15) is 41.1 Å². The number of imidazole rings is 1. The van der Waals surface area contributed by atoms with Gasteiger partial charge in [0.15, 0.2) is 17.1 Å². The van der Waals surface area contributed by atoms with Gasteiger partial charge in [-0.15, -0.1) is 0 Å². The van der Waals surface area contributed by atoms with E-state index in [1.54, 1.807) is 23.6 Å². The number of ether oxygens (including phenoxy) is 4. The van der Waals surface area contributed by atoms with E-state index in [0.29, 0.717) is 28.9 Å². The third-order valence-electron chi connectivity index (χ3n) is 10.2. The van der Waals surface area contributed by atoms with E-state index in [-0.39, 0.29) is 40.4 Å². The van der Waals surface area contributed by atoms with E-state index < -0.39 is 85.3 Å². The summed E-state index contributed by atoms with van der Waals surface area (Å²) in [5.74, 6) is -3.09. The third-order valence-corrected chi connectivity index (χ3v) is 16.1. The average Bonchev–Trinajstić information content (AvgIpc) is 3.89. The molecule has 3 aliphatic heterocycles. The number of hydrogen-bond acceptors (Lipinski definition) is 19. The zero-order chi connectivity index (χ0) is 44.6. The molecule has 0 saturated carbocycles. The Balaban J connectivity index is 0.942. The lowest BCUT2D eigenvalue weighted by molar-refractivity contribution is -0.146. The molecule has 2 aromatic heterocycles. The minimum Gasteiger partial charge on any atom is -0.497 e. The predicted molar refractivity (Wildman–Crippen MR) is 206 cm³/mol. The molecule has 2 aromatic carbocycles. The van der Waals surface area contributed by atoms with Crippen LogP contribution in [0.15, 0.2) is 72.4 Å². The van der Waals surface area contributed by atoms with Crippen LogP contribution in [-0.4, -0.2) is 70.8 Å². The number of amides is 1. The van der Waals surface area contributed by atoms with Crippen molar-refractivity contribution in [3.63, 3.8) is 0 Å². The number of hydrogen-bond donors (Lipinski definition) is 6. The molecule has 29 heteroatoms. The van der Waals surface area contributed by atoms with Crippen molar-refractivity contribution in [2.75, 3.05) is 19.5 Å². The van der Waals surface area contributed by atoms with Gasteiger partial charge in [-0.3, -0.25) is 18.8 Å². The van der Waals surface area contributed by atoms with E-state index in [0.717, 1.165) is 12.1 Å². The molecule has 1 spiro atoms. The molecule has 1 amide bonds. The van der Waals surface area contributed by atoms with E-state index in [2.05, 4.69) is 27.9 Å². The minimum atomic E-state index is -6.17. The number of esters is 1. The van der Waals surface area contributed by atoms with Crippen LogP contribution in [0.2, 0.25) is 0 Å². The fraction of sp³-hybridized carbons (Fsp3) is 0.303. The molecule has 2 fully saturated rings. The first-order chi connectivity index (χ1) is 29.1. The number of carbonyl (C=O) groups is 2. The summed E-state index contributed by atoms with van der Waals surface area (Å²) >= 11 is 0. The summed E-state index contributed by atoms with van der Waals surface area (Å²) in [5, 5.41) is 0. The summed E-state index contributed by atoms with van der Waals surface area (Å²) in [7, 11) is -22.3. The van der Waals surface area contributed by atoms with Crippen molar-refractivity contribution in [1.29, 1.82) is 0 Å². The quantitative estimate of drug-likeness (QED) is 0.0763. The van der Waals surface area contributed by atoms with Crippen molar-refractivity contribution in [3.8, 4) is 23.0 Å². The maximum Gasteiger partial charge on any atom is 0.536 e. The molecule has 8 rings (SSSR count). The lowest BCUT2D eigenvalue weighted by atomic mass is 9.65. The first-order valence-electron chi connectivity index (χ1n) is 17.9. The number of rotatable bonds is 14. The predicted octanol–water partition coefficient (Wildman–Crippen LogP) is 4.15. The number of primary amides is 1. The highest BCUT2D eigenvalue weighted by molar-refractivity contribution is 7.69. The number of carbonyl (C=O) groups excluding carboxylic acids is 2. The molecule has 0 bridgehead atoms. The van der Waals surface area contributed by atoms with Gasteiger partial charge in [-0.2, -0.15) is 12.9 Å². The van der Waals surface area contributed by atoms with E-state index >= 15 is 0 Å². The van der Waals surface area contributed by atoms with Crippen molar-refractivity contribution in [2.24, 2.45) is 17.6 Å². The van der Waals surface area contributed by atoms with Gasteiger partial charge in [0.2, 0.25) is 5.91 Å². The van der Waals surface area contributed by atoms with Gasteiger partial charge >= 0.3 is 37.3 Å². The van der Waals surface area contributed by atoms with Gasteiger partial charge in [-0.25, -0.2) is 38.0 Å². The average molecular weight is 943 g/mol. The molecule has 62 heavy (non-hydrogen) atoms. The van der Waals surface area contributed by atoms with Crippen LogP contribution in [0.25, 0.3) is 11.2 Å². The molecule has 1 aliphatic carbocycles. The summed E-state index contributed by atoms with van der Waals surface area (Å²) in [6.45, 7) is 1.00. The van der Waals surface area contributed by atoms with Crippen molar-refractivity contribution < 1.29 is 88.3 Å². The number of nitrogens with zero attached hydrogens (tertiary/aromatic N) is 4. The second-order valence-corrected chi connectivity index (χ2v) is 20.1. The summed E-state index contributed by atoms with van der Waals surface area (Å²) in [4.78, 5) is 78.8. The lowest BCUT2D eigenvalue weighted by Gasteiger charge is -2.42. The number of nitrogens with two attached hydrogens (primary N) is 2. The number of phosphoric ester groups is 2. The zero-order valence-electron chi connectivity index (χ0n) is 31.8. The molecule has 9 unspecified atom stereocenters. The van der Waals surface area contributed by atoms with Crippen LogP contribution in [0.4, 0.5) is 5.82 Å². The summed E-state index contributed by atoms with van der Waals surface area (Å²) in [6, 6.07) is 8.09. The fourth-order valence-electron chi connectivity index (χ4n) is 7.77. The molecule has 4 aliphatic rings. The van der Waals surface area contributed by atoms with Crippen LogP contribution in [0.1, 0.15) is 37.1 Å². The lowest BCUT2D eigenvalue weighted by Crippen LogP contribution is -2.42. The highest BCUT2D eigenvalue weighted by Gasteiger charge is 2.62. The van der Waals surface area contributed by atoms with Gasteiger partial charge in [0.25, 0.3) is 0 Å². The number of nitrogen functional groups attached to an aromatic ring is 1. The van der Waals surface area contributed by atoms with Gasteiger partial charge in [-0.05, 0) is 43.0 Å². The SMILES string of the molecule is COc1ccc2c(c1)Oc1cc(OP(=O)(O)OP(=O)(O)OP(=O)(O)OP(=O)(O)OCC3CCC(n4cnc5c(N)ncnc54)O3)ccc1C21OC(=O)C2=CC=C(C(N)=O)C(C)C21. The molecule has 9 atom stereocenters. The van der Waals surface area contributed by atoms with Crippen LogP contribution in [0.5, 0.6) is 23.0 Å². The summed E-state index contributed by atoms with van der Waals surface area (Å²) in [5.41, 5.74) is 11.4. The largest absolute Gasteiger partial charge is 0.536 e. The van der Waals surface area contributed by atoms with Gasteiger partial charge in [0.05, 0.1) is 26.1 Å². The molecule has 2 saturated heterocycles. The first-order valence-corrected chi connectivity index (χ1v) is 23.9. The van der Waals surface area contributed by atoms with Crippen LogP contribution in [0, 0.1) is 11.8 Å². The Bertz CT molecular complexity index is 2800. The maximum absolute atomic E-state index is 13.4. The number of phosphoric acid groups is 4. The molecule has 330 valence electrons. The molecular weight excluding hydrogens is 908 g/mol. The smallest absolute Gasteiger partial charge is 0.497 e. The Morgan fingerprint density at radius 1 is 0.903 bits per heavy atom. The molecular formula is C33H34N6O19P4.